The summed E-state index contributed by atoms with van der Waals surface area (Å²) in [5.41, 5.74) is 10.2. The number of para-hydroxylation sites is 2. The first-order valence-corrected chi connectivity index (χ1v) is 16.0. The van der Waals surface area contributed by atoms with Crippen LogP contribution in [0.1, 0.15) is 5.56 Å². The zero-order valence-electron chi connectivity index (χ0n) is 25.8. The maximum atomic E-state index is 4.99. The molecule has 0 radical (unpaired) electrons. The van der Waals surface area contributed by atoms with E-state index in [0.29, 0.717) is 0 Å². The van der Waals surface area contributed by atoms with Gasteiger partial charge in [-0.25, -0.2) is 4.99 Å². The number of hydrogen-bond donors (Lipinski definition) is 1. The molecule has 8 aromatic rings. The molecule has 0 heterocycles. The second kappa shape index (κ2) is 12.6. The van der Waals surface area contributed by atoms with Crippen molar-refractivity contribution in [2.24, 2.45) is 4.99 Å². The Hall–Kier alpha value is -6.25. The van der Waals surface area contributed by atoms with Crippen LogP contribution in [-0.2, 0) is 0 Å². The quantitative estimate of drug-likeness (QED) is 0.115. The largest absolute Gasteiger partial charge is 0.340 e. The van der Waals surface area contributed by atoms with E-state index in [1.54, 1.807) is 0 Å². The first-order chi connectivity index (χ1) is 23.3. The number of rotatable bonds is 6. The first-order valence-electron chi connectivity index (χ1n) is 16.0. The molecule has 0 saturated heterocycles. The molecule has 0 aromatic heterocycles. The van der Waals surface area contributed by atoms with Gasteiger partial charge in [0.15, 0.2) is 0 Å². The summed E-state index contributed by atoms with van der Waals surface area (Å²) in [6.45, 7) is 0. The molecule has 0 amide bonds. The molecule has 0 spiro atoms. The third-order valence-electron chi connectivity index (χ3n) is 8.67. The van der Waals surface area contributed by atoms with Gasteiger partial charge in [-0.1, -0.05) is 158 Å². The van der Waals surface area contributed by atoms with E-state index in [1.807, 2.05) is 48.5 Å². The number of hydrogen-bond acceptors (Lipinski definition) is 1. The number of anilines is 1. The van der Waals surface area contributed by atoms with Gasteiger partial charge in [0.25, 0.3) is 0 Å². The van der Waals surface area contributed by atoms with Gasteiger partial charge < -0.3 is 5.32 Å². The van der Waals surface area contributed by atoms with E-state index in [9.17, 15) is 0 Å². The van der Waals surface area contributed by atoms with Crippen molar-refractivity contribution in [3.63, 3.8) is 0 Å². The van der Waals surface area contributed by atoms with Crippen LogP contribution in [0.2, 0.25) is 0 Å². The maximum Gasteiger partial charge on any atom is 0.138 e. The van der Waals surface area contributed by atoms with Crippen molar-refractivity contribution in [1.29, 1.82) is 0 Å². The van der Waals surface area contributed by atoms with Crippen LogP contribution in [0.3, 0.4) is 0 Å². The van der Waals surface area contributed by atoms with Gasteiger partial charge in [-0.3, -0.25) is 0 Å². The SMILES string of the molecule is c1ccc(N=C(Nc2ccccc2)c2ccc(-c3ccc4c(-c5ccccc5)c5ccccc5c(-c5ccccc5)c4c3)cc2)cc1. The lowest BCUT2D eigenvalue weighted by molar-refractivity contribution is 1.46. The smallest absolute Gasteiger partial charge is 0.138 e. The predicted octanol–water partition coefficient (Wildman–Crippen LogP) is 12.2. The number of aliphatic imine (C=N–C) groups is 1. The van der Waals surface area contributed by atoms with E-state index < -0.39 is 0 Å². The molecule has 0 saturated carbocycles. The van der Waals surface area contributed by atoms with E-state index in [1.165, 1.54) is 49.4 Å². The molecule has 0 fully saturated rings. The summed E-state index contributed by atoms with van der Waals surface area (Å²) in [5.74, 6) is 0.804. The van der Waals surface area contributed by atoms with Crippen LogP contribution in [0.15, 0.2) is 193 Å². The van der Waals surface area contributed by atoms with Crippen molar-refractivity contribution in [3.8, 4) is 33.4 Å². The van der Waals surface area contributed by atoms with E-state index in [4.69, 9.17) is 4.99 Å². The van der Waals surface area contributed by atoms with Crippen molar-refractivity contribution in [1.82, 2.24) is 0 Å². The highest BCUT2D eigenvalue weighted by molar-refractivity contribution is 6.22. The number of nitrogens with zero attached hydrogens (tertiary/aromatic N) is 1. The monoisotopic (exact) mass is 600 g/mol. The average Bonchev–Trinajstić information content (AvgIpc) is 3.15. The summed E-state index contributed by atoms with van der Waals surface area (Å²) in [4.78, 5) is 4.99. The Morgan fingerprint density at radius 3 is 1.43 bits per heavy atom. The lowest BCUT2D eigenvalue weighted by Crippen LogP contribution is -2.13. The van der Waals surface area contributed by atoms with Gasteiger partial charge in [0, 0.05) is 11.3 Å². The first kappa shape index (κ1) is 28.2. The van der Waals surface area contributed by atoms with Gasteiger partial charge in [-0.15, -0.1) is 0 Å². The van der Waals surface area contributed by atoms with Crippen molar-refractivity contribution < 1.29 is 0 Å². The van der Waals surface area contributed by atoms with Gasteiger partial charge in [-0.2, -0.15) is 0 Å². The molecule has 0 unspecified atom stereocenters. The van der Waals surface area contributed by atoms with Gasteiger partial charge >= 0.3 is 0 Å². The van der Waals surface area contributed by atoms with E-state index >= 15 is 0 Å². The fraction of sp³-hybridized carbons (Fsp3) is 0. The van der Waals surface area contributed by atoms with Crippen LogP contribution in [0.5, 0.6) is 0 Å². The zero-order chi connectivity index (χ0) is 31.4. The standard InChI is InChI=1S/C45H32N2/c1-5-15-33(16-6-1)43-39-23-13-14-24-40(39)44(34-17-7-2-8-18-34)42-31-36(29-30-41(42)43)32-25-27-35(28-26-32)45(46-37-19-9-3-10-20-37)47-38-21-11-4-12-22-38/h1-31H,(H,46,47). The zero-order valence-corrected chi connectivity index (χ0v) is 25.8. The molecule has 0 aliphatic heterocycles. The Morgan fingerprint density at radius 1 is 0.362 bits per heavy atom. The Bertz CT molecular complexity index is 2330. The molecule has 0 aliphatic rings. The maximum absolute atomic E-state index is 4.99. The molecule has 222 valence electrons. The minimum absolute atomic E-state index is 0.804. The Balaban J connectivity index is 1.28. The molecule has 2 heteroatoms. The second-order valence-corrected chi connectivity index (χ2v) is 11.7. The second-order valence-electron chi connectivity index (χ2n) is 11.7. The van der Waals surface area contributed by atoms with Crippen LogP contribution in [-0.4, -0.2) is 5.84 Å². The lowest BCUT2D eigenvalue weighted by Gasteiger charge is -2.19. The number of fused-ring (bicyclic) bond motifs is 2. The van der Waals surface area contributed by atoms with E-state index in [0.717, 1.165) is 28.3 Å². The van der Waals surface area contributed by atoms with Crippen LogP contribution in [0, 0.1) is 0 Å². The Morgan fingerprint density at radius 2 is 0.830 bits per heavy atom. The van der Waals surface area contributed by atoms with Gasteiger partial charge in [0.1, 0.15) is 5.84 Å². The third kappa shape index (κ3) is 5.69. The Labute approximate surface area is 275 Å². The summed E-state index contributed by atoms with van der Waals surface area (Å²) >= 11 is 0. The fourth-order valence-electron chi connectivity index (χ4n) is 6.46. The highest BCUT2D eigenvalue weighted by atomic mass is 15.0. The molecule has 0 atom stereocenters. The van der Waals surface area contributed by atoms with E-state index in [-0.39, 0.29) is 0 Å². The van der Waals surface area contributed by atoms with Crippen LogP contribution >= 0.6 is 0 Å². The number of nitrogens with one attached hydrogen (secondary N) is 1. The highest BCUT2D eigenvalue weighted by Crippen LogP contribution is 2.44. The number of amidine groups is 1. The molecular weight excluding hydrogens is 569 g/mol. The average molecular weight is 601 g/mol. The van der Waals surface area contributed by atoms with Crippen molar-refractivity contribution in [2.45, 2.75) is 0 Å². The molecular formula is C45H32N2. The van der Waals surface area contributed by atoms with Crippen molar-refractivity contribution in [3.05, 3.63) is 194 Å². The van der Waals surface area contributed by atoms with Crippen molar-refractivity contribution >= 4 is 38.8 Å². The number of benzene rings is 8. The van der Waals surface area contributed by atoms with E-state index in [2.05, 4.69) is 145 Å². The fourth-order valence-corrected chi connectivity index (χ4v) is 6.46. The summed E-state index contributed by atoms with van der Waals surface area (Å²) in [7, 11) is 0. The third-order valence-corrected chi connectivity index (χ3v) is 8.67. The van der Waals surface area contributed by atoms with Gasteiger partial charge in [0.05, 0.1) is 5.69 Å². The minimum Gasteiger partial charge on any atom is -0.340 e. The molecule has 0 aliphatic carbocycles. The molecule has 1 N–H and O–H groups in total. The van der Waals surface area contributed by atoms with Crippen molar-refractivity contribution in [2.75, 3.05) is 5.32 Å². The lowest BCUT2D eigenvalue weighted by atomic mass is 9.85. The molecule has 47 heavy (non-hydrogen) atoms. The van der Waals surface area contributed by atoms with Crippen LogP contribution in [0.25, 0.3) is 54.9 Å². The highest BCUT2D eigenvalue weighted by Gasteiger charge is 2.17. The van der Waals surface area contributed by atoms with Crippen LogP contribution < -0.4 is 5.32 Å². The summed E-state index contributed by atoms with van der Waals surface area (Å²) < 4.78 is 0. The van der Waals surface area contributed by atoms with Gasteiger partial charge in [-0.05, 0) is 85.3 Å². The molecule has 2 nitrogen and oxygen atoms in total. The Kier molecular flexibility index (Phi) is 7.59. The molecule has 8 rings (SSSR count). The molecule has 8 aromatic carbocycles. The topological polar surface area (TPSA) is 24.4 Å². The minimum atomic E-state index is 0.804. The summed E-state index contributed by atoms with van der Waals surface area (Å²) in [5, 5.41) is 8.55. The van der Waals surface area contributed by atoms with Gasteiger partial charge in [0.2, 0.25) is 0 Å². The predicted molar refractivity (Wildman–Crippen MR) is 200 cm³/mol. The summed E-state index contributed by atoms with van der Waals surface area (Å²) in [6, 6.07) is 66.3. The van der Waals surface area contributed by atoms with Crippen LogP contribution in [0.4, 0.5) is 11.4 Å². The molecule has 0 bridgehead atoms. The normalized spacial score (nSPS) is 11.5. The summed E-state index contributed by atoms with van der Waals surface area (Å²) in [6.07, 6.45) is 0.